The Hall–Kier alpha value is -4.01. The Kier molecular flexibility index (Phi) is 5.61. The molecule has 9 nitrogen and oxygen atoms in total. The zero-order chi connectivity index (χ0) is 23.8. The summed E-state index contributed by atoms with van der Waals surface area (Å²) in [6, 6.07) is 11.9. The van der Waals surface area contributed by atoms with Crippen LogP contribution in [0.2, 0.25) is 0 Å². The summed E-state index contributed by atoms with van der Waals surface area (Å²) in [6.07, 6.45) is 1.44. The van der Waals surface area contributed by atoms with Crippen molar-refractivity contribution in [2.75, 3.05) is 45.3 Å². The highest BCUT2D eigenvalue weighted by molar-refractivity contribution is 6.05. The van der Waals surface area contributed by atoms with Crippen molar-refractivity contribution in [2.45, 2.75) is 13.5 Å². The van der Waals surface area contributed by atoms with E-state index in [2.05, 4.69) is 40.0 Å². The first kappa shape index (κ1) is 21.8. The minimum absolute atomic E-state index is 0.0474. The van der Waals surface area contributed by atoms with Gasteiger partial charge in [0.25, 0.3) is 5.56 Å². The van der Waals surface area contributed by atoms with E-state index in [4.69, 9.17) is 9.47 Å². The molecule has 1 saturated heterocycles. The molecule has 1 N–H and O–H groups in total. The van der Waals surface area contributed by atoms with Crippen molar-refractivity contribution in [3.8, 4) is 11.5 Å². The van der Waals surface area contributed by atoms with Crippen molar-refractivity contribution in [3.63, 3.8) is 0 Å². The maximum Gasteiger partial charge on any atom is 0.278 e. The van der Waals surface area contributed by atoms with E-state index in [1.165, 1.54) is 22.1 Å². The van der Waals surface area contributed by atoms with Gasteiger partial charge >= 0.3 is 0 Å². The Morgan fingerprint density at radius 2 is 1.79 bits per heavy atom. The maximum atomic E-state index is 13.1. The quantitative estimate of drug-likeness (QED) is 0.491. The van der Waals surface area contributed by atoms with Crippen LogP contribution < -0.4 is 19.9 Å². The predicted molar refractivity (Wildman–Crippen MR) is 131 cm³/mol. The lowest BCUT2D eigenvalue weighted by molar-refractivity contribution is -0.132. The molecule has 2 aromatic carbocycles. The van der Waals surface area contributed by atoms with E-state index in [1.807, 2.05) is 11.0 Å². The topological polar surface area (TPSA) is 92.7 Å². The average Bonchev–Trinajstić information content (AvgIpc) is 3.23. The number of carbonyl (C=O) groups is 1. The van der Waals surface area contributed by atoms with Crippen molar-refractivity contribution in [3.05, 3.63) is 58.6 Å². The van der Waals surface area contributed by atoms with E-state index in [0.717, 1.165) is 18.5 Å². The summed E-state index contributed by atoms with van der Waals surface area (Å²) >= 11 is 0. The number of fused-ring (bicyclic) bond motifs is 3. The first-order valence-corrected chi connectivity index (χ1v) is 11.2. The van der Waals surface area contributed by atoms with Crippen LogP contribution in [0.5, 0.6) is 11.5 Å². The minimum atomic E-state index is -0.286. The van der Waals surface area contributed by atoms with Gasteiger partial charge in [0.05, 0.1) is 26.1 Å². The van der Waals surface area contributed by atoms with Crippen molar-refractivity contribution in [1.82, 2.24) is 19.4 Å². The van der Waals surface area contributed by atoms with Gasteiger partial charge in [0.1, 0.15) is 17.6 Å². The Labute approximate surface area is 196 Å². The van der Waals surface area contributed by atoms with E-state index in [0.29, 0.717) is 41.1 Å². The van der Waals surface area contributed by atoms with Crippen LogP contribution in [0.4, 0.5) is 5.69 Å². The number of aromatic amines is 1. The van der Waals surface area contributed by atoms with Crippen LogP contribution in [-0.4, -0.2) is 65.7 Å². The molecule has 1 aliphatic heterocycles. The van der Waals surface area contributed by atoms with Gasteiger partial charge in [-0.1, -0.05) is 12.1 Å². The number of H-pyrrole nitrogens is 1. The number of hydrogen-bond donors (Lipinski definition) is 1. The van der Waals surface area contributed by atoms with E-state index in [1.54, 1.807) is 26.4 Å². The number of piperazine rings is 1. The highest BCUT2D eigenvalue weighted by atomic mass is 16.5. The number of benzene rings is 2. The highest BCUT2D eigenvalue weighted by Crippen LogP contribution is 2.34. The van der Waals surface area contributed by atoms with Gasteiger partial charge in [0.15, 0.2) is 11.5 Å². The lowest BCUT2D eigenvalue weighted by Gasteiger charge is -2.36. The first-order valence-electron chi connectivity index (χ1n) is 11.2. The van der Waals surface area contributed by atoms with E-state index in [9.17, 15) is 9.59 Å². The number of aryl methyl sites for hydroxylation is 1. The maximum absolute atomic E-state index is 13.1. The number of rotatable bonds is 5. The van der Waals surface area contributed by atoms with Crippen LogP contribution >= 0.6 is 0 Å². The molecule has 0 radical (unpaired) electrons. The summed E-state index contributed by atoms with van der Waals surface area (Å²) in [5, 5.41) is 0.760. The van der Waals surface area contributed by atoms with E-state index >= 15 is 0 Å². The van der Waals surface area contributed by atoms with Crippen LogP contribution in [-0.2, 0) is 11.3 Å². The Balaban J connectivity index is 1.34. The second kappa shape index (κ2) is 8.74. The molecule has 4 aromatic rings. The number of anilines is 1. The summed E-state index contributed by atoms with van der Waals surface area (Å²) in [7, 11) is 3.12. The molecule has 0 aliphatic carbocycles. The van der Waals surface area contributed by atoms with E-state index < -0.39 is 0 Å². The number of aromatic nitrogens is 3. The van der Waals surface area contributed by atoms with Crippen LogP contribution in [0.3, 0.4) is 0 Å². The normalized spacial score (nSPS) is 14.1. The number of carbonyl (C=O) groups excluding carboxylic acids is 1. The third-order valence-corrected chi connectivity index (χ3v) is 6.38. The minimum Gasteiger partial charge on any atom is -0.493 e. The van der Waals surface area contributed by atoms with Gasteiger partial charge in [-0.25, -0.2) is 4.98 Å². The molecule has 0 unspecified atom stereocenters. The zero-order valence-corrected chi connectivity index (χ0v) is 19.5. The molecule has 5 rings (SSSR count). The molecule has 3 heterocycles. The number of amides is 1. The standard InChI is InChI=1S/C25H27N5O4/c1-16-5-4-6-17(11-16)28-7-9-29(10-8-28)22(31)14-30-15-26-23-18-12-20(33-2)21(34-3)13-19(18)27-24(23)25(30)32/h4-6,11-13,15,27H,7-10,14H2,1-3H3. The lowest BCUT2D eigenvalue weighted by Crippen LogP contribution is -2.50. The fourth-order valence-corrected chi connectivity index (χ4v) is 4.52. The van der Waals surface area contributed by atoms with Crippen molar-refractivity contribution >= 4 is 33.5 Å². The fourth-order valence-electron chi connectivity index (χ4n) is 4.52. The van der Waals surface area contributed by atoms with Gasteiger partial charge in [0, 0.05) is 43.3 Å². The largest absolute Gasteiger partial charge is 0.493 e. The smallest absolute Gasteiger partial charge is 0.278 e. The third kappa shape index (κ3) is 3.83. The first-order chi connectivity index (χ1) is 16.5. The van der Waals surface area contributed by atoms with Gasteiger partial charge in [-0.3, -0.25) is 14.2 Å². The summed E-state index contributed by atoms with van der Waals surface area (Å²) < 4.78 is 12.1. The van der Waals surface area contributed by atoms with Gasteiger partial charge in [0.2, 0.25) is 5.91 Å². The molecule has 1 amide bonds. The summed E-state index contributed by atoms with van der Waals surface area (Å²) in [5.41, 5.74) is 3.71. The van der Waals surface area contributed by atoms with Crippen molar-refractivity contribution in [1.29, 1.82) is 0 Å². The van der Waals surface area contributed by atoms with Gasteiger partial charge in [-0.2, -0.15) is 0 Å². The van der Waals surface area contributed by atoms with Crippen LogP contribution in [0.15, 0.2) is 47.5 Å². The predicted octanol–water partition coefficient (Wildman–Crippen LogP) is 2.55. The average molecular weight is 462 g/mol. The third-order valence-electron chi connectivity index (χ3n) is 6.38. The fraction of sp³-hybridized carbons (Fsp3) is 0.320. The van der Waals surface area contributed by atoms with Crippen molar-refractivity contribution in [2.24, 2.45) is 0 Å². The van der Waals surface area contributed by atoms with E-state index in [-0.39, 0.29) is 18.0 Å². The molecule has 1 fully saturated rings. The molecular formula is C25H27N5O4. The zero-order valence-electron chi connectivity index (χ0n) is 19.5. The molecule has 9 heteroatoms. The molecule has 176 valence electrons. The number of ether oxygens (including phenoxy) is 2. The van der Waals surface area contributed by atoms with Crippen molar-refractivity contribution < 1.29 is 14.3 Å². The SMILES string of the molecule is COc1cc2[nH]c3c(=O)n(CC(=O)N4CCN(c5cccc(C)c5)CC4)cnc3c2cc1OC. The molecule has 0 bridgehead atoms. The monoisotopic (exact) mass is 461 g/mol. The summed E-state index contributed by atoms with van der Waals surface area (Å²) in [4.78, 5) is 37.8. The number of nitrogens with zero attached hydrogens (tertiary/aromatic N) is 4. The van der Waals surface area contributed by atoms with Gasteiger partial charge in [-0.15, -0.1) is 0 Å². The molecule has 0 atom stereocenters. The van der Waals surface area contributed by atoms with Crippen LogP contribution in [0.1, 0.15) is 5.56 Å². The number of methoxy groups -OCH3 is 2. The Morgan fingerprint density at radius 1 is 1.06 bits per heavy atom. The Bertz CT molecular complexity index is 1430. The second-order valence-corrected chi connectivity index (χ2v) is 8.49. The summed E-state index contributed by atoms with van der Waals surface area (Å²) in [6.45, 7) is 4.77. The molecule has 34 heavy (non-hydrogen) atoms. The van der Waals surface area contributed by atoms with Gasteiger partial charge < -0.3 is 24.3 Å². The lowest BCUT2D eigenvalue weighted by atomic mass is 10.2. The highest BCUT2D eigenvalue weighted by Gasteiger charge is 2.23. The summed E-state index contributed by atoms with van der Waals surface area (Å²) in [5.74, 6) is 1.02. The number of hydrogen-bond acceptors (Lipinski definition) is 6. The van der Waals surface area contributed by atoms with Crippen LogP contribution in [0.25, 0.3) is 21.9 Å². The Morgan fingerprint density at radius 3 is 2.50 bits per heavy atom. The molecule has 2 aromatic heterocycles. The number of nitrogens with one attached hydrogen (secondary N) is 1. The molecule has 1 aliphatic rings. The van der Waals surface area contributed by atoms with Crippen LogP contribution in [0, 0.1) is 6.92 Å². The van der Waals surface area contributed by atoms with Gasteiger partial charge in [-0.05, 0) is 30.7 Å². The second-order valence-electron chi connectivity index (χ2n) is 8.49. The molecular weight excluding hydrogens is 434 g/mol. The molecule has 0 saturated carbocycles. The molecule has 0 spiro atoms.